The van der Waals surface area contributed by atoms with E-state index in [-0.39, 0.29) is 0 Å². The van der Waals surface area contributed by atoms with E-state index in [0.717, 1.165) is 5.92 Å². The highest BCUT2D eigenvalue weighted by molar-refractivity contribution is 5.17. The zero-order valence-corrected chi connectivity index (χ0v) is 10.1. The van der Waals surface area contributed by atoms with Crippen molar-refractivity contribution in [2.24, 2.45) is 5.92 Å². The molecular formula is C14H25N. The van der Waals surface area contributed by atoms with Gasteiger partial charge in [-0.2, -0.15) is 0 Å². The Morgan fingerprint density at radius 2 is 1.73 bits per heavy atom. The first-order valence-electron chi connectivity index (χ1n) is 6.80. The molecule has 86 valence electrons. The lowest BCUT2D eigenvalue weighted by molar-refractivity contribution is 0.394. The van der Waals surface area contributed by atoms with E-state index in [2.05, 4.69) is 12.2 Å². The molecule has 1 saturated carbocycles. The normalized spacial score (nSPS) is 29.0. The Bertz CT molecular complexity index is 209. The molecule has 0 radical (unpaired) electrons. The molecule has 15 heavy (non-hydrogen) atoms. The molecule has 1 aliphatic carbocycles. The fraction of sp³-hybridized carbons (Fsp3) is 0.857. The molecule has 2 aliphatic rings. The average Bonchev–Trinajstić information content (AvgIpc) is 2.58. The minimum absolute atomic E-state index is 1.03. The van der Waals surface area contributed by atoms with Gasteiger partial charge >= 0.3 is 0 Å². The topological polar surface area (TPSA) is 12.0 Å². The standard InChI is InChI=1S/C14H25N/c1-2-12-5-7-14(8-6-12)13-4-3-10-15-11-9-13/h12,15H,2-11H2,1H3. The number of allylic oxidation sites excluding steroid dienone is 1. The largest absolute Gasteiger partial charge is 0.316 e. The molecule has 1 N–H and O–H groups in total. The smallest absolute Gasteiger partial charge is 0.00115 e. The molecule has 1 aliphatic heterocycles. The molecule has 1 saturated heterocycles. The summed E-state index contributed by atoms with van der Waals surface area (Å²) in [5.41, 5.74) is 3.65. The van der Waals surface area contributed by atoms with Crippen LogP contribution in [0.1, 0.15) is 58.3 Å². The molecular weight excluding hydrogens is 182 g/mol. The first kappa shape index (κ1) is 11.2. The van der Waals surface area contributed by atoms with E-state index in [1.807, 2.05) is 11.1 Å². The van der Waals surface area contributed by atoms with Gasteiger partial charge < -0.3 is 5.32 Å². The van der Waals surface area contributed by atoms with Gasteiger partial charge in [0.25, 0.3) is 0 Å². The van der Waals surface area contributed by atoms with Crippen molar-refractivity contribution in [1.82, 2.24) is 5.32 Å². The van der Waals surface area contributed by atoms with Crippen molar-refractivity contribution in [3.8, 4) is 0 Å². The molecule has 0 atom stereocenters. The maximum atomic E-state index is 3.50. The van der Waals surface area contributed by atoms with E-state index < -0.39 is 0 Å². The number of hydrogen-bond donors (Lipinski definition) is 1. The predicted molar refractivity (Wildman–Crippen MR) is 66.0 cm³/mol. The molecule has 0 amide bonds. The lowest BCUT2D eigenvalue weighted by Crippen LogP contribution is -2.13. The third-order valence-electron chi connectivity index (χ3n) is 4.22. The van der Waals surface area contributed by atoms with Gasteiger partial charge in [-0.1, -0.05) is 24.5 Å². The number of hydrogen-bond acceptors (Lipinski definition) is 1. The van der Waals surface area contributed by atoms with Crippen LogP contribution in [-0.2, 0) is 0 Å². The van der Waals surface area contributed by atoms with Crippen molar-refractivity contribution < 1.29 is 0 Å². The van der Waals surface area contributed by atoms with Crippen LogP contribution in [0.2, 0.25) is 0 Å². The highest BCUT2D eigenvalue weighted by Gasteiger charge is 2.18. The van der Waals surface area contributed by atoms with Gasteiger partial charge in [0.15, 0.2) is 0 Å². The van der Waals surface area contributed by atoms with E-state index in [1.165, 1.54) is 64.5 Å². The van der Waals surface area contributed by atoms with E-state index in [4.69, 9.17) is 0 Å². The minimum atomic E-state index is 1.03. The highest BCUT2D eigenvalue weighted by Crippen LogP contribution is 2.34. The molecule has 1 heteroatoms. The maximum absolute atomic E-state index is 3.50. The molecule has 1 heterocycles. The van der Waals surface area contributed by atoms with Crippen molar-refractivity contribution in [2.45, 2.75) is 58.3 Å². The van der Waals surface area contributed by atoms with Crippen LogP contribution in [0.25, 0.3) is 0 Å². The second-order valence-corrected chi connectivity index (χ2v) is 5.16. The summed E-state index contributed by atoms with van der Waals surface area (Å²) in [7, 11) is 0. The van der Waals surface area contributed by atoms with Crippen molar-refractivity contribution >= 4 is 0 Å². The van der Waals surface area contributed by atoms with E-state index in [0.29, 0.717) is 0 Å². The van der Waals surface area contributed by atoms with Gasteiger partial charge in [-0.05, 0) is 64.0 Å². The summed E-state index contributed by atoms with van der Waals surface area (Å²) in [4.78, 5) is 0. The Morgan fingerprint density at radius 3 is 2.47 bits per heavy atom. The first-order valence-corrected chi connectivity index (χ1v) is 6.80. The SMILES string of the molecule is CCC1CCC(=C2CCCNCC2)CC1. The molecule has 0 aromatic heterocycles. The monoisotopic (exact) mass is 207 g/mol. The van der Waals surface area contributed by atoms with E-state index in [9.17, 15) is 0 Å². The molecule has 0 bridgehead atoms. The Hall–Kier alpha value is -0.300. The van der Waals surface area contributed by atoms with Crippen molar-refractivity contribution in [3.63, 3.8) is 0 Å². The summed E-state index contributed by atoms with van der Waals surface area (Å²) in [5, 5.41) is 3.50. The summed E-state index contributed by atoms with van der Waals surface area (Å²) >= 11 is 0. The minimum Gasteiger partial charge on any atom is -0.316 e. The summed E-state index contributed by atoms with van der Waals surface area (Å²) in [6.07, 6.45) is 11.2. The van der Waals surface area contributed by atoms with Gasteiger partial charge in [0.05, 0.1) is 0 Å². The van der Waals surface area contributed by atoms with Gasteiger partial charge in [0.1, 0.15) is 0 Å². The average molecular weight is 207 g/mol. The summed E-state index contributed by atoms with van der Waals surface area (Å²) in [6.45, 7) is 4.79. The molecule has 1 nitrogen and oxygen atoms in total. The van der Waals surface area contributed by atoms with Gasteiger partial charge in [-0.25, -0.2) is 0 Å². The second-order valence-electron chi connectivity index (χ2n) is 5.16. The quantitative estimate of drug-likeness (QED) is 0.647. The van der Waals surface area contributed by atoms with Crippen LogP contribution in [0.15, 0.2) is 11.1 Å². The zero-order chi connectivity index (χ0) is 10.5. The second kappa shape index (κ2) is 5.69. The van der Waals surface area contributed by atoms with Crippen molar-refractivity contribution in [1.29, 1.82) is 0 Å². The maximum Gasteiger partial charge on any atom is -0.00115 e. The van der Waals surface area contributed by atoms with Crippen molar-refractivity contribution in [2.75, 3.05) is 13.1 Å². The van der Waals surface area contributed by atoms with Crippen LogP contribution in [0.3, 0.4) is 0 Å². The molecule has 2 rings (SSSR count). The number of rotatable bonds is 1. The van der Waals surface area contributed by atoms with Crippen LogP contribution in [0, 0.1) is 5.92 Å². The third-order valence-corrected chi connectivity index (χ3v) is 4.22. The van der Waals surface area contributed by atoms with Crippen LogP contribution in [0.5, 0.6) is 0 Å². The Morgan fingerprint density at radius 1 is 1.00 bits per heavy atom. The third kappa shape index (κ3) is 3.07. The fourth-order valence-electron chi connectivity index (χ4n) is 3.06. The lowest BCUT2D eigenvalue weighted by atomic mass is 9.81. The molecule has 0 aromatic carbocycles. The molecule has 0 unspecified atom stereocenters. The van der Waals surface area contributed by atoms with E-state index in [1.54, 1.807) is 0 Å². The summed E-state index contributed by atoms with van der Waals surface area (Å²) < 4.78 is 0. The highest BCUT2D eigenvalue weighted by atomic mass is 14.8. The Balaban J connectivity index is 1.93. The zero-order valence-electron chi connectivity index (χ0n) is 10.1. The van der Waals surface area contributed by atoms with Gasteiger partial charge in [0, 0.05) is 0 Å². The van der Waals surface area contributed by atoms with Crippen molar-refractivity contribution in [3.05, 3.63) is 11.1 Å². The predicted octanol–water partition coefficient (Wildman–Crippen LogP) is 3.66. The van der Waals surface area contributed by atoms with Crippen LogP contribution in [0.4, 0.5) is 0 Å². The Kier molecular flexibility index (Phi) is 4.25. The van der Waals surface area contributed by atoms with Gasteiger partial charge in [0.2, 0.25) is 0 Å². The summed E-state index contributed by atoms with van der Waals surface area (Å²) in [6, 6.07) is 0. The molecule has 0 spiro atoms. The lowest BCUT2D eigenvalue weighted by Gasteiger charge is -2.25. The van der Waals surface area contributed by atoms with E-state index >= 15 is 0 Å². The molecule has 2 fully saturated rings. The van der Waals surface area contributed by atoms with Crippen LogP contribution in [-0.4, -0.2) is 13.1 Å². The van der Waals surface area contributed by atoms with Crippen LogP contribution < -0.4 is 5.32 Å². The summed E-state index contributed by atoms with van der Waals surface area (Å²) in [5.74, 6) is 1.03. The Labute approximate surface area is 94.3 Å². The first-order chi connectivity index (χ1) is 7.40. The van der Waals surface area contributed by atoms with Crippen LogP contribution >= 0.6 is 0 Å². The molecule has 0 aromatic rings. The van der Waals surface area contributed by atoms with Gasteiger partial charge in [-0.3, -0.25) is 0 Å². The van der Waals surface area contributed by atoms with Gasteiger partial charge in [-0.15, -0.1) is 0 Å². The number of nitrogens with one attached hydrogen (secondary N) is 1. The fourth-order valence-corrected chi connectivity index (χ4v) is 3.06.